The minimum Gasteiger partial charge on any atom is -0.497 e. The van der Waals surface area contributed by atoms with Crippen LogP contribution in [0.2, 0.25) is 0 Å². The van der Waals surface area contributed by atoms with Crippen LogP contribution in [0.1, 0.15) is 23.3 Å². The van der Waals surface area contributed by atoms with Gasteiger partial charge in [0.05, 0.1) is 7.11 Å². The number of thiazole rings is 1. The highest BCUT2D eigenvalue weighted by molar-refractivity contribution is 7.15. The summed E-state index contributed by atoms with van der Waals surface area (Å²) < 4.78 is 10.6. The number of anilines is 1. The first-order valence-corrected chi connectivity index (χ1v) is 8.06. The molecule has 0 bridgehead atoms. The molecule has 1 aliphatic heterocycles. The second-order valence-electron chi connectivity index (χ2n) is 5.15. The van der Waals surface area contributed by atoms with Crippen LogP contribution >= 0.6 is 11.3 Å². The van der Waals surface area contributed by atoms with Crippen LogP contribution in [0.15, 0.2) is 30.5 Å². The Balaban J connectivity index is 1.62. The van der Waals surface area contributed by atoms with Crippen LogP contribution in [-0.2, 0) is 16.0 Å². The average molecular weight is 318 g/mol. The first-order valence-electron chi connectivity index (χ1n) is 7.25. The Morgan fingerprint density at radius 2 is 2.45 bits per heavy atom. The Kier molecular flexibility index (Phi) is 4.70. The minimum absolute atomic E-state index is 0.0974. The molecule has 22 heavy (non-hydrogen) atoms. The molecular weight excluding hydrogens is 300 g/mol. The molecule has 1 aliphatic rings. The maximum atomic E-state index is 12.0. The monoisotopic (exact) mass is 318 g/mol. The third kappa shape index (κ3) is 3.64. The lowest BCUT2D eigenvalue weighted by Gasteiger charge is -2.07. The number of nitrogens with zero attached hydrogens (tertiary/aromatic N) is 1. The van der Waals surface area contributed by atoms with Crippen LogP contribution < -0.4 is 10.1 Å². The summed E-state index contributed by atoms with van der Waals surface area (Å²) in [6, 6.07) is 7.94. The molecule has 1 N–H and O–H groups in total. The number of nitrogens with one attached hydrogen (secondary N) is 1. The van der Waals surface area contributed by atoms with Crippen molar-refractivity contribution in [1.82, 2.24) is 4.98 Å². The molecule has 0 radical (unpaired) electrons. The molecule has 6 heteroatoms. The van der Waals surface area contributed by atoms with Gasteiger partial charge in [-0.1, -0.05) is 12.1 Å². The number of hydrogen-bond acceptors (Lipinski definition) is 5. The van der Waals surface area contributed by atoms with Gasteiger partial charge in [-0.3, -0.25) is 10.1 Å². The van der Waals surface area contributed by atoms with Crippen LogP contribution in [0, 0.1) is 0 Å². The predicted molar refractivity (Wildman–Crippen MR) is 85.5 cm³/mol. The van der Waals surface area contributed by atoms with E-state index in [0.717, 1.165) is 35.5 Å². The van der Waals surface area contributed by atoms with Gasteiger partial charge in [-0.2, -0.15) is 0 Å². The molecule has 1 fully saturated rings. The second kappa shape index (κ2) is 6.89. The number of methoxy groups -OCH3 is 1. The fraction of sp³-hybridized carbons (Fsp3) is 0.375. The van der Waals surface area contributed by atoms with E-state index in [1.54, 1.807) is 13.3 Å². The highest BCUT2D eigenvalue weighted by Gasteiger charge is 2.24. The number of amides is 1. The van der Waals surface area contributed by atoms with Crippen molar-refractivity contribution in [1.29, 1.82) is 0 Å². The topological polar surface area (TPSA) is 60.5 Å². The van der Waals surface area contributed by atoms with Crippen LogP contribution in [0.5, 0.6) is 5.75 Å². The molecule has 3 rings (SSSR count). The molecule has 0 saturated carbocycles. The molecule has 2 aromatic rings. The zero-order valence-corrected chi connectivity index (χ0v) is 13.2. The van der Waals surface area contributed by atoms with Gasteiger partial charge in [-0.05, 0) is 30.5 Å². The molecular formula is C16H18N2O3S. The van der Waals surface area contributed by atoms with Gasteiger partial charge < -0.3 is 9.47 Å². The lowest BCUT2D eigenvalue weighted by atomic mass is 10.1. The van der Waals surface area contributed by atoms with Gasteiger partial charge >= 0.3 is 0 Å². The van der Waals surface area contributed by atoms with Crippen molar-refractivity contribution in [2.45, 2.75) is 25.4 Å². The third-order valence-electron chi connectivity index (χ3n) is 3.52. The average Bonchev–Trinajstić information content (AvgIpc) is 3.19. The Bertz CT molecular complexity index is 650. The summed E-state index contributed by atoms with van der Waals surface area (Å²) in [6.07, 6.45) is 3.97. The first kappa shape index (κ1) is 15.0. The Morgan fingerprint density at radius 1 is 1.55 bits per heavy atom. The van der Waals surface area contributed by atoms with Gasteiger partial charge in [0.2, 0.25) is 0 Å². The van der Waals surface area contributed by atoms with Crippen molar-refractivity contribution in [3.63, 3.8) is 0 Å². The molecule has 0 unspecified atom stereocenters. The van der Waals surface area contributed by atoms with E-state index in [-0.39, 0.29) is 12.0 Å². The molecule has 0 spiro atoms. The van der Waals surface area contributed by atoms with E-state index in [1.165, 1.54) is 11.3 Å². The zero-order chi connectivity index (χ0) is 15.4. The minimum atomic E-state index is -0.328. The lowest BCUT2D eigenvalue weighted by Crippen LogP contribution is -2.26. The van der Waals surface area contributed by atoms with Gasteiger partial charge in [0, 0.05) is 24.1 Å². The van der Waals surface area contributed by atoms with E-state index in [2.05, 4.69) is 10.3 Å². The fourth-order valence-electron chi connectivity index (χ4n) is 2.40. The number of rotatable bonds is 5. The summed E-state index contributed by atoms with van der Waals surface area (Å²) in [7, 11) is 1.66. The van der Waals surface area contributed by atoms with Crippen molar-refractivity contribution in [3.05, 3.63) is 40.9 Å². The summed E-state index contributed by atoms with van der Waals surface area (Å²) in [5, 5.41) is 3.45. The standard InChI is InChI=1S/C16H18N2O3S/c1-20-12-5-2-4-11(8-12)9-13-10-17-16(22-13)18-15(19)14-6-3-7-21-14/h2,4-5,8,10,14H,3,6-7,9H2,1H3,(H,17,18,19)/t14-/m0/s1. The lowest BCUT2D eigenvalue weighted by molar-refractivity contribution is -0.124. The maximum absolute atomic E-state index is 12.0. The van der Waals surface area contributed by atoms with Gasteiger partial charge in [-0.25, -0.2) is 4.98 Å². The molecule has 1 amide bonds. The van der Waals surface area contributed by atoms with E-state index >= 15 is 0 Å². The van der Waals surface area contributed by atoms with Gasteiger partial charge in [0.25, 0.3) is 5.91 Å². The number of ether oxygens (including phenoxy) is 2. The summed E-state index contributed by atoms with van der Waals surface area (Å²) >= 11 is 1.49. The quantitative estimate of drug-likeness (QED) is 0.921. The van der Waals surface area contributed by atoms with Crippen LogP contribution in [-0.4, -0.2) is 30.7 Å². The summed E-state index contributed by atoms with van der Waals surface area (Å²) in [6.45, 7) is 0.664. The molecule has 116 valence electrons. The van der Waals surface area contributed by atoms with E-state index in [4.69, 9.17) is 9.47 Å². The SMILES string of the molecule is COc1cccc(Cc2cnc(NC(=O)[C@@H]3CCCO3)s2)c1. The molecule has 1 saturated heterocycles. The highest BCUT2D eigenvalue weighted by atomic mass is 32.1. The number of aromatic nitrogens is 1. The van der Waals surface area contributed by atoms with Crippen LogP contribution in [0.3, 0.4) is 0 Å². The summed E-state index contributed by atoms with van der Waals surface area (Å²) in [4.78, 5) is 17.3. The van der Waals surface area contributed by atoms with Crippen molar-refractivity contribution >= 4 is 22.4 Å². The first-order chi connectivity index (χ1) is 10.7. The number of hydrogen-bond donors (Lipinski definition) is 1. The molecule has 1 atom stereocenters. The molecule has 2 heterocycles. The predicted octanol–water partition coefficient (Wildman–Crippen LogP) is 2.86. The zero-order valence-electron chi connectivity index (χ0n) is 12.4. The third-order valence-corrected chi connectivity index (χ3v) is 4.43. The normalized spacial score (nSPS) is 17.4. The Morgan fingerprint density at radius 3 is 3.23 bits per heavy atom. The van der Waals surface area contributed by atoms with Crippen LogP contribution in [0.25, 0.3) is 0 Å². The van der Waals surface area contributed by atoms with E-state index < -0.39 is 0 Å². The maximum Gasteiger partial charge on any atom is 0.255 e. The van der Waals surface area contributed by atoms with Crippen molar-refractivity contribution in [2.24, 2.45) is 0 Å². The van der Waals surface area contributed by atoms with Gasteiger partial charge in [0.15, 0.2) is 5.13 Å². The van der Waals surface area contributed by atoms with Crippen molar-refractivity contribution in [3.8, 4) is 5.75 Å². The van der Waals surface area contributed by atoms with E-state index in [1.807, 2.05) is 24.3 Å². The van der Waals surface area contributed by atoms with E-state index in [0.29, 0.717) is 11.7 Å². The fourth-order valence-corrected chi connectivity index (χ4v) is 3.25. The smallest absolute Gasteiger partial charge is 0.255 e. The Labute approximate surface area is 133 Å². The number of carbonyl (C=O) groups is 1. The second-order valence-corrected chi connectivity index (χ2v) is 6.27. The van der Waals surface area contributed by atoms with Crippen molar-refractivity contribution < 1.29 is 14.3 Å². The van der Waals surface area contributed by atoms with E-state index in [9.17, 15) is 4.79 Å². The van der Waals surface area contributed by atoms with Crippen molar-refractivity contribution in [2.75, 3.05) is 19.0 Å². The number of carbonyl (C=O) groups excluding carboxylic acids is 1. The molecule has 0 aliphatic carbocycles. The number of benzene rings is 1. The highest BCUT2D eigenvalue weighted by Crippen LogP contribution is 2.24. The van der Waals surface area contributed by atoms with Gasteiger partial charge in [0.1, 0.15) is 11.9 Å². The van der Waals surface area contributed by atoms with Crippen LogP contribution in [0.4, 0.5) is 5.13 Å². The van der Waals surface area contributed by atoms with Gasteiger partial charge in [-0.15, -0.1) is 11.3 Å². The molecule has 5 nitrogen and oxygen atoms in total. The summed E-state index contributed by atoms with van der Waals surface area (Å²) in [5.41, 5.74) is 1.15. The Hall–Kier alpha value is -1.92. The largest absolute Gasteiger partial charge is 0.497 e. The molecule has 1 aromatic carbocycles. The summed E-state index contributed by atoms with van der Waals surface area (Å²) in [5.74, 6) is 0.744. The molecule has 1 aromatic heterocycles.